The van der Waals surface area contributed by atoms with Crippen LogP contribution < -0.4 is 10.5 Å². The number of rotatable bonds is 4. The smallest absolute Gasteiger partial charge is 0.119 e. The zero-order chi connectivity index (χ0) is 12.1. The largest absolute Gasteiger partial charge is 0.494 e. The van der Waals surface area contributed by atoms with Crippen LogP contribution in [0.3, 0.4) is 0 Å². The number of ether oxygens (including phenoxy) is 2. The van der Waals surface area contributed by atoms with Crippen molar-refractivity contribution in [2.24, 2.45) is 5.73 Å². The van der Waals surface area contributed by atoms with Crippen LogP contribution in [0.1, 0.15) is 37.8 Å². The van der Waals surface area contributed by atoms with Crippen molar-refractivity contribution in [1.29, 1.82) is 0 Å². The van der Waals surface area contributed by atoms with Gasteiger partial charge in [-0.25, -0.2) is 0 Å². The highest BCUT2D eigenvalue weighted by Gasteiger charge is 2.22. The fourth-order valence-electron chi connectivity index (χ4n) is 2.22. The Bertz CT molecular complexity index is 331. The van der Waals surface area contributed by atoms with Crippen molar-refractivity contribution in [3.05, 3.63) is 29.8 Å². The molecule has 3 nitrogen and oxygen atoms in total. The van der Waals surface area contributed by atoms with Gasteiger partial charge in [0.1, 0.15) is 5.75 Å². The van der Waals surface area contributed by atoms with Crippen molar-refractivity contribution < 1.29 is 9.47 Å². The molecule has 0 aliphatic carbocycles. The fraction of sp³-hybridized carbons (Fsp3) is 0.571. The summed E-state index contributed by atoms with van der Waals surface area (Å²) in [6, 6.07) is 8.00. The first kappa shape index (κ1) is 12.4. The Morgan fingerprint density at radius 1 is 1.35 bits per heavy atom. The van der Waals surface area contributed by atoms with Gasteiger partial charge in [-0.1, -0.05) is 12.1 Å². The summed E-state index contributed by atoms with van der Waals surface area (Å²) in [6.07, 6.45) is 3.61. The van der Waals surface area contributed by atoms with Crippen LogP contribution in [0.4, 0.5) is 0 Å². The minimum Gasteiger partial charge on any atom is -0.494 e. The Balaban J connectivity index is 2.00. The molecular weight excluding hydrogens is 214 g/mol. The minimum absolute atomic E-state index is 0.0222. The highest BCUT2D eigenvalue weighted by Crippen LogP contribution is 2.25. The topological polar surface area (TPSA) is 44.5 Å². The van der Waals surface area contributed by atoms with Crippen LogP contribution in [-0.2, 0) is 4.74 Å². The number of hydrogen-bond donors (Lipinski definition) is 1. The summed E-state index contributed by atoms with van der Waals surface area (Å²) >= 11 is 0. The van der Waals surface area contributed by atoms with E-state index in [4.69, 9.17) is 15.2 Å². The maximum Gasteiger partial charge on any atom is 0.119 e. The fourth-order valence-corrected chi connectivity index (χ4v) is 2.22. The lowest BCUT2D eigenvalue weighted by molar-refractivity contribution is 0.00000387. The van der Waals surface area contributed by atoms with Crippen molar-refractivity contribution in [2.75, 3.05) is 13.2 Å². The van der Waals surface area contributed by atoms with Gasteiger partial charge in [0.05, 0.1) is 18.8 Å². The molecule has 2 N–H and O–H groups in total. The molecule has 2 rings (SSSR count). The van der Waals surface area contributed by atoms with Crippen molar-refractivity contribution in [1.82, 2.24) is 0 Å². The molecule has 0 aromatic heterocycles. The average Bonchev–Trinajstić information content (AvgIpc) is 2.40. The van der Waals surface area contributed by atoms with Crippen molar-refractivity contribution in [3.8, 4) is 5.75 Å². The summed E-state index contributed by atoms with van der Waals surface area (Å²) in [5.74, 6) is 0.896. The van der Waals surface area contributed by atoms with Crippen LogP contribution in [0, 0.1) is 0 Å². The van der Waals surface area contributed by atoms with Crippen LogP contribution in [0.5, 0.6) is 5.75 Å². The van der Waals surface area contributed by atoms with E-state index in [9.17, 15) is 0 Å². The Hall–Kier alpha value is -1.06. The van der Waals surface area contributed by atoms with E-state index in [1.54, 1.807) is 0 Å². The van der Waals surface area contributed by atoms with Gasteiger partial charge >= 0.3 is 0 Å². The number of hydrogen-bond acceptors (Lipinski definition) is 3. The highest BCUT2D eigenvalue weighted by atomic mass is 16.5. The highest BCUT2D eigenvalue weighted by molar-refractivity contribution is 5.29. The molecule has 1 aliphatic rings. The molecule has 1 aromatic carbocycles. The molecule has 0 bridgehead atoms. The second kappa shape index (κ2) is 6.03. The van der Waals surface area contributed by atoms with Gasteiger partial charge in [-0.15, -0.1) is 0 Å². The van der Waals surface area contributed by atoms with E-state index >= 15 is 0 Å². The van der Waals surface area contributed by atoms with E-state index in [2.05, 4.69) is 0 Å². The predicted octanol–water partition coefficient (Wildman–Crippen LogP) is 2.65. The molecule has 0 amide bonds. The monoisotopic (exact) mass is 235 g/mol. The summed E-state index contributed by atoms with van der Waals surface area (Å²) in [5, 5.41) is 0. The van der Waals surface area contributed by atoms with Gasteiger partial charge in [-0.05, 0) is 43.9 Å². The maximum absolute atomic E-state index is 6.23. The summed E-state index contributed by atoms with van der Waals surface area (Å²) < 4.78 is 11.1. The molecule has 0 saturated carbocycles. The van der Waals surface area contributed by atoms with Crippen molar-refractivity contribution in [3.63, 3.8) is 0 Å². The summed E-state index contributed by atoms with van der Waals surface area (Å²) in [7, 11) is 0. The SMILES string of the molecule is CCOc1ccc(C(N)C2CCCCO2)cc1. The van der Waals surface area contributed by atoms with Gasteiger partial charge in [0, 0.05) is 6.61 Å². The third-order valence-electron chi connectivity index (χ3n) is 3.19. The lowest BCUT2D eigenvalue weighted by Gasteiger charge is -2.28. The molecule has 94 valence electrons. The average molecular weight is 235 g/mol. The Morgan fingerprint density at radius 3 is 2.71 bits per heavy atom. The second-order valence-corrected chi connectivity index (χ2v) is 4.43. The minimum atomic E-state index is -0.0222. The first-order valence-electron chi connectivity index (χ1n) is 6.41. The van der Waals surface area contributed by atoms with Crippen molar-refractivity contribution >= 4 is 0 Å². The predicted molar refractivity (Wildman–Crippen MR) is 68.1 cm³/mol. The molecule has 3 heteroatoms. The van der Waals surface area contributed by atoms with Crippen LogP contribution in [0.15, 0.2) is 24.3 Å². The maximum atomic E-state index is 6.23. The zero-order valence-corrected chi connectivity index (χ0v) is 10.4. The Morgan fingerprint density at radius 2 is 2.12 bits per heavy atom. The molecule has 2 atom stereocenters. The number of nitrogens with two attached hydrogens (primary N) is 1. The van der Waals surface area contributed by atoms with E-state index in [0.29, 0.717) is 6.61 Å². The van der Waals surface area contributed by atoms with E-state index in [1.165, 1.54) is 6.42 Å². The number of benzene rings is 1. The Kier molecular flexibility index (Phi) is 4.40. The van der Waals surface area contributed by atoms with Crippen LogP contribution >= 0.6 is 0 Å². The third-order valence-corrected chi connectivity index (χ3v) is 3.19. The first-order valence-corrected chi connectivity index (χ1v) is 6.41. The molecule has 1 heterocycles. The van der Waals surface area contributed by atoms with Gasteiger partial charge in [0.25, 0.3) is 0 Å². The van der Waals surface area contributed by atoms with Gasteiger partial charge in [-0.3, -0.25) is 0 Å². The summed E-state index contributed by atoms with van der Waals surface area (Å²) in [4.78, 5) is 0. The van der Waals surface area contributed by atoms with Gasteiger partial charge < -0.3 is 15.2 Å². The molecular formula is C14H21NO2. The van der Waals surface area contributed by atoms with Crippen LogP contribution in [0.2, 0.25) is 0 Å². The van der Waals surface area contributed by atoms with Crippen LogP contribution in [-0.4, -0.2) is 19.3 Å². The summed E-state index contributed by atoms with van der Waals surface area (Å²) in [6.45, 7) is 3.52. The van der Waals surface area contributed by atoms with Gasteiger partial charge in [0.2, 0.25) is 0 Å². The quantitative estimate of drug-likeness (QED) is 0.872. The Labute approximate surface area is 103 Å². The molecule has 0 radical (unpaired) electrons. The third kappa shape index (κ3) is 3.20. The normalized spacial score (nSPS) is 22.1. The van der Waals surface area contributed by atoms with Gasteiger partial charge in [-0.2, -0.15) is 0 Å². The lowest BCUT2D eigenvalue weighted by Crippen LogP contribution is -2.31. The molecule has 1 aliphatic heterocycles. The molecule has 0 spiro atoms. The van der Waals surface area contributed by atoms with E-state index in [0.717, 1.165) is 30.8 Å². The standard InChI is InChI=1S/C14H21NO2/c1-2-16-12-8-6-11(7-9-12)14(15)13-5-3-4-10-17-13/h6-9,13-14H,2-5,10,15H2,1H3. The second-order valence-electron chi connectivity index (χ2n) is 4.43. The molecule has 1 fully saturated rings. The van der Waals surface area contributed by atoms with E-state index in [1.807, 2.05) is 31.2 Å². The first-order chi connectivity index (χ1) is 8.31. The molecule has 2 unspecified atom stereocenters. The van der Waals surface area contributed by atoms with Crippen molar-refractivity contribution in [2.45, 2.75) is 38.3 Å². The molecule has 1 aromatic rings. The molecule has 1 saturated heterocycles. The van der Waals surface area contributed by atoms with Crippen LogP contribution in [0.25, 0.3) is 0 Å². The summed E-state index contributed by atoms with van der Waals surface area (Å²) in [5.41, 5.74) is 7.35. The van der Waals surface area contributed by atoms with E-state index < -0.39 is 0 Å². The van der Waals surface area contributed by atoms with E-state index in [-0.39, 0.29) is 12.1 Å². The lowest BCUT2D eigenvalue weighted by atomic mass is 9.96. The zero-order valence-electron chi connectivity index (χ0n) is 10.4. The molecule has 17 heavy (non-hydrogen) atoms. The van der Waals surface area contributed by atoms with Gasteiger partial charge in [0.15, 0.2) is 0 Å².